The molecule has 1 atom stereocenters. The molecule has 3 rings (SSSR count). The second kappa shape index (κ2) is 9.05. The number of benzene rings is 2. The van der Waals surface area contributed by atoms with E-state index in [9.17, 15) is 9.59 Å². The van der Waals surface area contributed by atoms with E-state index in [4.69, 9.17) is 9.47 Å². The number of aromatic nitrogens is 1. The van der Waals surface area contributed by atoms with E-state index in [0.717, 1.165) is 27.7 Å². The van der Waals surface area contributed by atoms with Gasteiger partial charge in [-0.05, 0) is 43.2 Å². The Labute approximate surface area is 171 Å². The van der Waals surface area contributed by atoms with Crippen molar-refractivity contribution < 1.29 is 19.1 Å². The van der Waals surface area contributed by atoms with Gasteiger partial charge in [0.15, 0.2) is 6.61 Å². The van der Waals surface area contributed by atoms with Crippen molar-refractivity contribution in [1.29, 1.82) is 0 Å². The van der Waals surface area contributed by atoms with Crippen molar-refractivity contribution in [3.05, 3.63) is 71.0 Å². The van der Waals surface area contributed by atoms with Crippen molar-refractivity contribution in [3.8, 4) is 0 Å². The van der Waals surface area contributed by atoms with Crippen LogP contribution in [-0.2, 0) is 20.7 Å². The molecule has 0 saturated carbocycles. The van der Waals surface area contributed by atoms with E-state index in [1.165, 1.54) is 0 Å². The number of fused-ring (bicyclic) bond motifs is 1. The van der Waals surface area contributed by atoms with Crippen LogP contribution in [0.15, 0.2) is 48.5 Å². The lowest BCUT2D eigenvalue weighted by Gasteiger charge is -2.17. The summed E-state index contributed by atoms with van der Waals surface area (Å²) in [6.07, 6.45) is 0.137. The average molecular weight is 393 g/mol. The second-order valence-corrected chi connectivity index (χ2v) is 7.36. The maximum absolute atomic E-state index is 12.7. The van der Waals surface area contributed by atoms with E-state index in [2.05, 4.69) is 4.57 Å². The smallest absolute Gasteiger partial charge is 0.310 e. The highest BCUT2D eigenvalue weighted by atomic mass is 16.5. The van der Waals surface area contributed by atoms with Gasteiger partial charge in [-0.3, -0.25) is 9.59 Å². The van der Waals surface area contributed by atoms with Gasteiger partial charge in [0.05, 0.1) is 19.1 Å². The molecule has 1 heterocycles. The van der Waals surface area contributed by atoms with Gasteiger partial charge in [0.25, 0.3) is 0 Å². The third-order valence-electron chi connectivity index (χ3n) is 5.21. The molecule has 5 nitrogen and oxygen atoms in total. The number of ether oxygens (including phenoxy) is 2. The Kier molecular flexibility index (Phi) is 6.49. The summed E-state index contributed by atoms with van der Waals surface area (Å²) in [5, 5.41) is 2.10. The van der Waals surface area contributed by atoms with E-state index in [0.29, 0.717) is 12.2 Å². The summed E-state index contributed by atoms with van der Waals surface area (Å²) in [7, 11) is 1.66. The van der Waals surface area contributed by atoms with Gasteiger partial charge in [0.2, 0.25) is 5.78 Å². The first-order valence-electron chi connectivity index (χ1n) is 9.75. The molecular weight excluding hydrogens is 366 g/mol. The molecule has 1 aromatic heterocycles. The molecular formula is C24H27NO4. The van der Waals surface area contributed by atoms with Crippen LogP contribution in [0.25, 0.3) is 10.8 Å². The number of aryl methyl sites for hydroxylation is 1. The second-order valence-electron chi connectivity index (χ2n) is 7.36. The number of hydrogen-bond acceptors (Lipinski definition) is 4. The average Bonchev–Trinajstić information content (AvgIpc) is 3.01. The van der Waals surface area contributed by atoms with Crippen molar-refractivity contribution >= 4 is 22.5 Å². The topological polar surface area (TPSA) is 57.5 Å². The van der Waals surface area contributed by atoms with Crippen LogP contribution >= 0.6 is 0 Å². The highest BCUT2D eigenvalue weighted by Crippen LogP contribution is 2.22. The van der Waals surface area contributed by atoms with Crippen LogP contribution in [-0.4, -0.2) is 36.6 Å². The van der Waals surface area contributed by atoms with Crippen LogP contribution in [0.1, 0.15) is 40.3 Å². The molecule has 0 aliphatic heterocycles. The Hall–Kier alpha value is -2.92. The molecule has 0 aliphatic rings. The fraction of sp³-hybridized carbons (Fsp3) is 0.333. The fourth-order valence-electron chi connectivity index (χ4n) is 3.93. The SMILES string of the molecule is COC[C@H](C)n1c(C)cc(C(=O)COC(=O)Cc2cccc3ccccc23)c1C. The van der Waals surface area contributed by atoms with Crippen molar-refractivity contribution in [2.24, 2.45) is 0 Å². The first kappa shape index (κ1) is 20.8. The summed E-state index contributed by atoms with van der Waals surface area (Å²) in [6, 6.07) is 15.7. The van der Waals surface area contributed by atoms with Crippen molar-refractivity contribution in [3.63, 3.8) is 0 Å². The number of rotatable bonds is 8. The molecule has 0 N–H and O–H groups in total. The van der Waals surface area contributed by atoms with Crippen LogP contribution in [0, 0.1) is 13.8 Å². The predicted molar refractivity (Wildman–Crippen MR) is 113 cm³/mol. The molecule has 0 amide bonds. The molecule has 5 heteroatoms. The summed E-state index contributed by atoms with van der Waals surface area (Å²) in [5.41, 5.74) is 3.33. The number of hydrogen-bond donors (Lipinski definition) is 0. The highest BCUT2D eigenvalue weighted by Gasteiger charge is 2.20. The third kappa shape index (κ3) is 4.57. The first-order valence-corrected chi connectivity index (χ1v) is 9.75. The zero-order valence-electron chi connectivity index (χ0n) is 17.4. The van der Waals surface area contributed by atoms with Gasteiger partial charge in [0.1, 0.15) is 0 Å². The molecule has 0 unspecified atom stereocenters. The quantitative estimate of drug-likeness (QED) is 0.419. The maximum atomic E-state index is 12.7. The minimum atomic E-state index is -0.406. The normalized spacial score (nSPS) is 12.1. The zero-order chi connectivity index (χ0) is 21.0. The molecule has 0 bridgehead atoms. The van der Waals surface area contributed by atoms with Gasteiger partial charge in [-0.2, -0.15) is 0 Å². The number of nitrogens with zero attached hydrogens (tertiary/aromatic N) is 1. The Balaban J connectivity index is 1.66. The van der Waals surface area contributed by atoms with Gasteiger partial charge in [0, 0.05) is 24.1 Å². The lowest BCUT2D eigenvalue weighted by Crippen LogP contribution is -2.17. The molecule has 29 heavy (non-hydrogen) atoms. The van der Waals surface area contributed by atoms with E-state index in [-0.39, 0.29) is 24.9 Å². The van der Waals surface area contributed by atoms with Gasteiger partial charge in [-0.15, -0.1) is 0 Å². The van der Waals surface area contributed by atoms with Crippen LogP contribution in [0.3, 0.4) is 0 Å². The van der Waals surface area contributed by atoms with E-state index < -0.39 is 5.97 Å². The lowest BCUT2D eigenvalue weighted by atomic mass is 10.0. The molecule has 0 radical (unpaired) electrons. The summed E-state index contributed by atoms with van der Waals surface area (Å²) in [6.45, 7) is 6.21. The minimum absolute atomic E-state index is 0.121. The van der Waals surface area contributed by atoms with Gasteiger partial charge >= 0.3 is 5.97 Å². The van der Waals surface area contributed by atoms with E-state index in [1.807, 2.05) is 69.3 Å². The van der Waals surface area contributed by atoms with Crippen molar-refractivity contribution in [1.82, 2.24) is 4.57 Å². The van der Waals surface area contributed by atoms with E-state index >= 15 is 0 Å². The van der Waals surface area contributed by atoms with Gasteiger partial charge in [-0.1, -0.05) is 42.5 Å². The number of esters is 1. The molecule has 0 fully saturated rings. The van der Waals surface area contributed by atoms with Crippen molar-refractivity contribution in [2.75, 3.05) is 20.3 Å². The standard InChI is InChI=1S/C24H27NO4/c1-16-12-22(18(3)25(16)17(2)14-28-4)23(26)15-29-24(27)13-20-10-7-9-19-8-5-6-11-21(19)20/h5-12,17H,13-15H2,1-4H3/t17-/m0/s1. The predicted octanol–water partition coefficient (Wildman–Crippen LogP) is 4.43. The number of ketones is 1. The molecule has 0 aliphatic carbocycles. The number of methoxy groups -OCH3 is 1. The van der Waals surface area contributed by atoms with E-state index in [1.54, 1.807) is 7.11 Å². The van der Waals surface area contributed by atoms with Crippen LogP contribution < -0.4 is 0 Å². The van der Waals surface area contributed by atoms with Crippen molar-refractivity contribution in [2.45, 2.75) is 33.2 Å². The molecule has 0 spiro atoms. The first-order chi connectivity index (χ1) is 13.9. The van der Waals surface area contributed by atoms with Crippen LogP contribution in [0.5, 0.6) is 0 Å². The molecule has 2 aromatic carbocycles. The van der Waals surface area contributed by atoms with Crippen LogP contribution in [0.4, 0.5) is 0 Å². The Morgan fingerprint density at radius 1 is 1.07 bits per heavy atom. The molecule has 152 valence electrons. The summed E-state index contributed by atoms with van der Waals surface area (Å²) in [5.74, 6) is -0.600. The van der Waals surface area contributed by atoms with Crippen LogP contribution in [0.2, 0.25) is 0 Å². The molecule has 0 saturated heterocycles. The monoisotopic (exact) mass is 393 g/mol. The Morgan fingerprint density at radius 3 is 2.55 bits per heavy atom. The molecule has 3 aromatic rings. The van der Waals surface area contributed by atoms with Gasteiger partial charge in [-0.25, -0.2) is 0 Å². The minimum Gasteiger partial charge on any atom is -0.457 e. The number of Topliss-reactive ketones (excluding diaryl/α,β-unsaturated/α-hetero) is 1. The fourth-order valence-corrected chi connectivity index (χ4v) is 3.93. The summed E-state index contributed by atoms with van der Waals surface area (Å²) < 4.78 is 12.6. The largest absolute Gasteiger partial charge is 0.457 e. The number of carbonyl (C=O) groups is 2. The third-order valence-corrected chi connectivity index (χ3v) is 5.21. The summed E-state index contributed by atoms with van der Waals surface area (Å²) in [4.78, 5) is 25.0. The Bertz CT molecular complexity index is 1030. The maximum Gasteiger partial charge on any atom is 0.310 e. The summed E-state index contributed by atoms with van der Waals surface area (Å²) >= 11 is 0. The highest BCUT2D eigenvalue weighted by molar-refractivity contribution is 5.99. The Morgan fingerprint density at radius 2 is 1.79 bits per heavy atom. The number of carbonyl (C=O) groups excluding carboxylic acids is 2. The lowest BCUT2D eigenvalue weighted by molar-refractivity contribution is -0.141. The zero-order valence-corrected chi connectivity index (χ0v) is 17.4. The van der Waals surface area contributed by atoms with Gasteiger partial charge < -0.3 is 14.0 Å².